The Labute approximate surface area is 125 Å². The molecule has 0 radical (unpaired) electrons. The zero-order chi connectivity index (χ0) is 19.3. The second-order valence-corrected chi connectivity index (χ2v) is 5.92. The standard InChI is InChI=1S/C18H24N/c1-13-7-10-17(19(6)12-13)16-11-15(18(3,4)5)9-8-14(16)2/h7-12H,1-6H3/q+1/i1D3,7D,10D,12D. The van der Waals surface area contributed by atoms with Crippen LogP contribution in [0.2, 0.25) is 0 Å². The van der Waals surface area contributed by atoms with Crippen molar-refractivity contribution in [2.45, 2.75) is 40.0 Å². The zero-order valence-corrected chi connectivity index (χ0v) is 12.2. The third-order valence-electron chi connectivity index (χ3n) is 3.28. The summed E-state index contributed by atoms with van der Waals surface area (Å²) in [6.07, 6.45) is -0.253. The Morgan fingerprint density at radius 3 is 2.58 bits per heavy atom. The Balaban J connectivity index is 2.87. The van der Waals surface area contributed by atoms with Gasteiger partial charge in [0.1, 0.15) is 8.42 Å². The summed E-state index contributed by atoms with van der Waals surface area (Å²) in [5.41, 5.74) is 2.66. The van der Waals surface area contributed by atoms with Gasteiger partial charge in [0.25, 0.3) is 0 Å². The van der Waals surface area contributed by atoms with E-state index in [-0.39, 0.29) is 23.2 Å². The van der Waals surface area contributed by atoms with Crippen LogP contribution in [-0.2, 0) is 12.5 Å². The van der Waals surface area contributed by atoms with Gasteiger partial charge in [0.05, 0.1) is 2.74 Å². The summed E-state index contributed by atoms with van der Waals surface area (Å²) in [5, 5.41) is 0. The SMILES string of the molecule is [2H]c1c([2H])c(-c2cc(C(C)(C)C)ccc2C)[n+](C)c([2H])c1C([2H])([2H])[2H]. The van der Waals surface area contributed by atoms with Crippen LogP contribution in [0.4, 0.5) is 0 Å². The van der Waals surface area contributed by atoms with Gasteiger partial charge in [-0.3, -0.25) is 0 Å². The lowest BCUT2D eigenvalue weighted by molar-refractivity contribution is -0.660. The highest BCUT2D eigenvalue weighted by atomic mass is 14.9. The average molecular weight is 260 g/mol. The fraction of sp³-hybridized carbons (Fsp3) is 0.389. The Morgan fingerprint density at radius 1 is 1.21 bits per heavy atom. The maximum Gasteiger partial charge on any atom is 0.212 e. The lowest BCUT2D eigenvalue weighted by atomic mass is 9.85. The molecule has 0 atom stereocenters. The van der Waals surface area contributed by atoms with Gasteiger partial charge in [-0.25, -0.2) is 4.57 Å². The first kappa shape index (κ1) is 7.84. The summed E-state index contributed by atoms with van der Waals surface area (Å²) in [6, 6.07) is 5.39. The highest BCUT2D eigenvalue weighted by Gasteiger charge is 2.18. The average Bonchev–Trinajstić information content (AvgIpc) is 2.45. The summed E-state index contributed by atoms with van der Waals surface area (Å²) in [4.78, 5) is 0. The van der Waals surface area contributed by atoms with Crippen molar-refractivity contribution in [2.24, 2.45) is 7.05 Å². The molecule has 1 aromatic carbocycles. The van der Waals surface area contributed by atoms with Gasteiger partial charge in [-0.1, -0.05) is 32.9 Å². The molecule has 0 aliphatic rings. The molecule has 1 aromatic heterocycles. The molecule has 0 N–H and O–H groups in total. The number of hydrogen-bond acceptors (Lipinski definition) is 0. The molecule has 0 fully saturated rings. The third kappa shape index (κ3) is 2.86. The second kappa shape index (κ2) is 4.80. The molecule has 0 aliphatic carbocycles. The lowest BCUT2D eigenvalue weighted by Crippen LogP contribution is -2.31. The topological polar surface area (TPSA) is 3.88 Å². The monoisotopic (exact) mass is 260 g/mol. The van der Waals surface area contributed by atoms with Crippen LogP contribution in [-0.4, -0.2) is 0 Å². The van der Waals surface area contributed by atoms with Gasteiger partial charge in [0.15, 0.2) is 6.17 Å². The van der Waals surface area contributed by atoms with Gasteiger partial charge in [-0.2, -0.15) is 0 Å². The number of rotatable bonds is 1. The van der Waals surface area contributed by atoms with E-state index in [1.54, 1.807) is 7.05 Å². The van der Waals surface area contributed by atoms with Crippen molar-refractivity contribution in [3.63, 3.8) is 0 Å². The summed E-state index contributed by atoms with van der Waals surface area (Å²) in [7, 11) is 1.58. The number of aromatic nitrogens is 1. The van der Waals surface area contributed by atoms with E-state index in [0.29, 0.717) is 5.69 Å². The molecule has 1 nitrogen and oxygen atoms in total. The van der Waals surface area contributed by atoms with Gasteiger partial charge < -0.3 is 0 Å². The zero-order valence-electron chi connectivity index (χ0n) is 18.2. The van der Waals surface area contributed by atoms with Gasteiger partial charge in [-0.15, -0.1) is 0 Å². The van der Waals surface area contributed by atoms with Gasteiger partial charge in [0.2, 0.25) is 5.69 Å². The van der Waals surface area contributed by atoms with Gasteiger partial charge in [0, 0.05) is 21.3 Å². The Morgan fingerprint density at radius 2 is 1.95 bits per heavy atom. The highest BCUT2D eigenvalue weighted by molar-refractivity contribution is 5.62. The molecule has 0 unspecified atom stereocenters. The molecular weight excluding hydrogens is 230 g/mol. The van der Waals surface area contributed by atoms with Crippen LogP contribution in [0.5, 0.6) is 0 Å². The minimum absolute atomic E-state index is 0.0879. The molecule has 1 heterocycles. The van der Waals surface area contributed by atoms with E-state index in [2.05, 4.69) is 20.8 Å². The van der Waals surface area contributed by atoms with E-state index in [1.165, 1.54) is 4.57 Å². The minimum atomic E-state index is -2.59. The van der Waals surface area contributed by atoms with E-state index >= 15 is 0 Å². The van der Waals surface area contributed by atoms with Crippen molar-refractivity contribution in [2.75, 3.05) is 0 Å². The number of nitrogens with zero attached hydrogens (tertiary/aromatic N) is 1. The summed E-state index contributed by atoms with van der Waals surface area (Å²) in [5.74, 6) is 0. The molecule has 0 bridgehead atoms. The summed E-state index contributed by atoms with van der Waals surface area (Å²) < 4.78 is 48.9. The molecule has 0 spiro atoms. The smallest absolute Gasteiger partial charge is 0.201 e. The van der Waals surface area contributed by atoms with Crippen LogP contribution in [0.3, 0.4) is 0 Å². The maximum absolute atomic E-state index is 8.37. The Bertz CT molecular complexity index is 802. The Kier molecular flexibility index (Phi) is 1.98. The van der Waals surface area contributed by atoms with Crippen molar-refractivity contribution < 1.29 is 12.8 Å². The minimum Gasteiger partial charge on any atom is -0.201 e. The molecule has 0 saturated heterocycles. The van der Waals surface area contributed by atoms with Crippen LogP contribution >= 0.6 is 0 Å². The molecule has 2 aromatic rings. The van der Waals surface area contributed by atoms with Crippen molar-refractivity contribution in [1.82, 2.24) is 0 Å². The number of pyridine rings is 1. The van der Waals surface area contributed by atoms with Crippen LogP contribution in [0.15, 0.2) is 36.5 Å². The molecule has 0 aliphatic heterocycles. The van der Waals surface area contributed by atoms with E-state index < -0.39 is 12.9 Å². The third-order valence-corrected chi connectivity index (χ3v) is 3.28. The largest absolute Gasteiger partial charge is 0.212 e. The fourth-order valence-electron chi connectivity index (χ4n) is 2.05. The van der Waals surface area contributed by atoms with Gasteiger partial charge >= 0.3 is 0 Å². The fourth-order valence-corrected chi connectivity index (χ4v) is 2.05. The predicted molar refractivity (Wildman–Crippen MR) is 81.2 cm³/mol. The molecule has 2 rings (SSSR count). The van der Waals surface area contributed by atoms with Crippen molar-refractivity contribution >= 4 is 0 Å². The van der Waals surface area contributed by atoms with Crippen LogP contribution in [0.25, 0.3) is 11.3 Å². The molecule has 0 amide bonds. The first-order chi connectivity index (χ1) is 11.3. The number of benzene rings is 1. The van der Waals surface area contributed by atoms with Crippen molar-refractivity contribution in [1.29, 1.82) is 0 Å². The van der Waals surface area contributed by atoms with Crippen molar-refractivity contribution in [3.8, 4) is 11.3 Å². The van der Waals surface area contributed by atoms with Crippen LogP contribution in [0.1, 0.15) is 45.7 Å². The molecule has 0 saturated carbocycles. The predicted octanol–water partition coefficient (Wildman–Crippen LogP) is 4.09. The first-order valence-electron chi connectivity index (χ1n) is 9.38. The normalized spacial score (nSPS) is 16.9. The van der Waals surface area contributed by atoms with E-state index in [1.807, 2.05) is 25.1 Å². The maximum atomic E-state index is 8.37. The Hall–Kier alpha value is -1.63. The summed E-state index contributed by atoms with van der Waals surface area (Å²) >= 11 is 0. The molecule has 19 heavy (non-hydrogen) atoms. The highest BCUT2D eigenvalue weighted by Crippen LogP contribution is 2.28. The van der Waals surface area contributed by atoms with Crippen LogP contribution in [0, 0.1) is 13.8 Å². The number of aryl methyl sites for hydroxylation is 1. The van der Waals surface area contributed by atoms with E-state index in [0.717, 1.165) is 16.7 Å². The summed E-state index contributed by atoms with van der Waals surface area (Å²) in [6.45, 7) is 5.58. The molecule has 100 valence electrons. The van der Waals surface area contributed by atoms with E-state index in [4.69, 9.17) is 8.22 Å². The van der Waals surface area contributed by atoms with Gasteiger partial charge in [-0.05, 0) is 42.4 Å². The van der Waals surface area contributed by atoms with Crippen LogP contribution < -0.4 is 4.57 Å². The molecular formula is C18H24N+. The molecule has 1 heteroatoms. The number of hydrogen-bond donors (Lipinski definition) is 0. The lowest BCUT2D eigenvalue weighted by Gasteiger charge is -2.20. The van der Waals surface area contributed by atoms with E-state index in [9.17, 15) is 0 Å². The van der Waals surface area contributed by atoms with Crippen molar-refractivity contribution in [3.05, 3.63) is 53.1 Å². The second-order valence-electron chi connectivity index (χ2n) is 5.92. The quantitative estimate of drug-likeness (QED) is 0.680. The first-order valence-corrected chi connectivity index (χ1v) is 6.38.